The van der Waals surface area contributed by atoms with Crippen LogP contribution in [0.25, 0.3) is 5.65 Å². The molecular weight excluding hydrogens is 356 g/mol. The SMILES string of the molecule is O=C1C2CN(c3cc(=O)n4ccccc4n3)CC2C(=O)N1Cc1ccccc1. The molecule has 0 radical (unpaired) electrons. The second kappa shape index (κ2) is 6.30. The number of amides is 2. The Hall–Kier alpha value is -3.48. The number of aromatic nitrogens is 2. The van der Waals surface area contributed by atoms with Crippen molar-refractivity contribution in [2.24, 2.45) is 11.8 Å². The van der Waals surface area contributed by atoms with E-state index in [1.54, 1.807) is 18.3 Å². The highest BCUT2D eigenvalue weighted by Gasteiger charge is 2.52. The van der Waals surface area contributed by atoms with E-state index >= 15 is 0 Å². The Bertz CT molecular complexity index is 1120. The van der Waals surface area contributed by atoms with Crippen LogP contribution in [0.15, 0.2) is 65.6 Å². The lowest BCUT2D eigenvalue weighted by Crippen LogP contribution is -2.36. The van der Waals surface area contributed by atoms with Crippen molar-refractivity contribution in [3.05, 3.63) is 76.7 Å². The molecule has 0 bridgehead atoms. The highest BCUT2D eigenvalue weighted by Crippen LogP contribution is 2.35. The van der Waals surface area contributed by atoms with Gasteiger partial charge in [0.05, 0.1) is 18.4 Å². The molecule has 3 aromatic rings. The van der Waals surface area contributed by atoms with E-state index in [-0.39, 0.29) is 29.2 Å². The number of hydrogen-bond acceptors (Lipinski definition) is 5. The van der Waals surface area contributed by atoms with Gasteiger partial charge in [-0.25, -0.2) is 4.98 Å². The summed E-state index contributed by atoms with van der Waals surface area (Å²) >= 11 is 0. The molecule has 2 aliphatic rings. The van der Waals surface area contributed by atoms with Gasteiger partial charge in [0.15, 0.2) is 0 Å². The summed E-state index contributed by atoms with van der Waals surface area (Å²) in [6, 6.07) is 16.3. The lowest BCUT2D eigenvalue weighted by Gasteiger charge is -2.21. The van der Waals surface area contributed by atoms with Crippen molar-refractivity contribution in [3.8, 4) is 0 Å². The van der Waals surface area contributed by atoms with Gasteiger partial charge < -0.3 is 4.90 Å². The standard InChI is InChI=1S/C21H18N4O3/c26-19-10-18(22-17-8-4-5-9-24(17)19)23-12-15-16(13-23)21(28)25(20(15)27)11-14-6-2-1-3-7-14/h1-10,15-16H,11-13H2. The lowest BCUT2D eigenvalue weighted by molar-refractivity contribution is -0.140. The largest absolute Gasteiger partial charge is 0.355 e. The van der Waals surface area contributed by atoms with Crippen LogP contribution in [0, 0.1) is 11.8 Å². The number of pyridine rings is 1. The van der Waals surface area contributed by atoms with Gasteiger partial charge in [0.1, 0.15) is 11.5 Å². The van der Waals surface area contributed by atoms with Gasteiger partial charge in [0, 0.05) is 25.4 Å². The molecule has 7 heteroatoms. The van der Waals surface area contributed by atoms with E-state index in [9.17, 15) is 14.4 Å². The molecule has 5 rings (SSSR count). The van der Waals surface area contributed by atoms with Gasteiger partial charge in [0.2, 0.25) is 11.8 Å². The first-order chi connectivity index (χ1) is 13.6. The predicted octanol–water partition coefficient (Wildman–Crippen LogP) is 1.32. The van der Waals surface area contributed by atoms with Crippen LogP contribution < -0.4 is 10.5 Å². The fourth-order valence-corrected chi connectivity index (χ4v) is 4.13. The normalized spacial score (nSPS) is 21.6. The molecule has 0 saturated carbocycles. The average Bonchev–Trinajstić information content (AvgIpc) is 3.25. The quantitative estimate of drug-likeness (QED) is 0.647. The van der Waals surface area contributed by atoms with Crippen LogP contribution in [0.4, 0.5) is 5.82 Å². The molecule has 7 nitrogen and oxygen atoms in total. The predicted molar refractivity (Wildman–Crippen MR) is 103 cm³/mol. The number of rotatable bonds is 3. The fourth-order valence-electron chi connectivity index (χ4n) is 4.13. The minimum Gasteiger partial charge on any atom is -0.355 e. The minimum atomic E-state index is -0.382. The van der Waals surface area contributed by atoms with Gasteiger partial charge >= 0.3 is 0 Å². The van der Waals surface area contributed by atoms with Gasteiger partial charge in [-0.05, 0) is 17.7 Å². The zero-order chi connectivity index (χ0) is 19.3. The second-order valence-electron chi connectivity index (χ2n) is 7.25. The maximum atomic E-state index is 12.9. The monoisotopic (exact) mass is 374 g/mol. The Morgan fingerprint density at radius 1 is 0.893 bits per heavy atom. The first kappa shape index (κ1) is 16.7. The van der Waals surface area contributed by atoms with Crippen LogP contribution in [-0.2, 0) is 16.1 Å². The van der Waals surface area contributed by atoms with E-state index in [4.69, 9.17) is 0 Å². The first-order valence-electron chi connectivity index (χ1n) is 9.24. The van der Waals surface area contributed by atoms with Crippen molar-refractivity contribution in [2.75, 3.05) is 18.0 Å². The van der Waals surface area contributed by atoms with Crippen LogP contribution in [0.3, 0.4) is 0 Å². The first-order valence-corrected chi connectivity index (χ1v) is 9.24. The molecule has 0 aliphatic carbocycles. The lowest BCUT2D eigenvalue weighted by atomic mass is 10.00. The highest BCUT2D eigenvalue weighted by molar-refractivity contribution is 6.06. The number of benzene rings is 1. The third-order valence-corrected chi connectivity index (χ3v) is 5.55. The fraction of sp³-hybridized carbons (Fsp3) is 0.238. The Kier molecular flexibility index (Phi) is 3.75. The van der Waals surface area contributed by atoms with Gasteiger partial charge in [-0.2, -0.15) is 0 Å². The topological polar surface area (TPSA) is 75.0 Å². The summed E-state index contributed by atoms with van der Waals surface area (Å²) in [6.45, 7) is 1.10. The van der Waals surface area contributed by atoms with Crippen LogP contribution >= 0.6 is 0 Å². The third-order valence-electron chi connectivity index (χ3n) is 5.55. The van der Waals surface area contributed by atoms with E-state index in [0.717, 1.165) is 5.56 Å². The number of hydrogen-bond donors (Lipinski definition) is 0. The van der Waals surface area contributed by atoms with Crippen molar-refractivity contribution in [1.82, 2.24) is 14.3 Å². The maximum Gasteiger partial charge on any atom is 0.259 e. The van der Waals surface area contributed by atoms with E-state index in [1.807, 2.05) is 41.3 Å². The van der Waals surface area contributed by atoms with E-state index in [0.29, 0.717) is 31.1 Å². The Morgan fingerprint density at radius 2 is 1.57 bits per heavy atom. The molecule has 28 heavy (non-hydrogen) atoms. The zero-order valence-corrected chi connectivity index (χ0v) is 15.1. The summed E-state index contributed by atoms with van der Waals surface area (Å²) in [5.41, 5.74) is 1.30. The van der Waals surface area contributed by atoms with Crippen LogP contribution in [0.5, 0.6) is 0 Å². The number of carbonyl (C=O) groups excluding carboxylic acids is 2. The van der Waals surface area contributed by atoms with Crippen molar-refractivity contribution < 1.29 is 9.59 Å². The molecule has 1 aromatic carbocycles. The maximum absolute atomic E-state index is 12.9. The van der Waals surface area contributed by atoms with Crippen LogP contribution in [0.2, 0.25) is 0 Å². The molecule has 2 unspecified atom stereocenters. The van der Waals surface area contributed by atoms with Crippen LogP contribution in [-0.4, -0.2) is 39.2 Å². The number of fused-ring (bicyclic) bond motifs is 2. The van der Waals surface area contributed by atoms with E-state index in [2.05, 4.69) is 4.98 Å². The summed E-state index contributed by atoms with van der Waals surface area (Å²) < 4.78 is 1.47. The average molecular weight is 374 g/mol. The number of carbonyl (C=O) groups is 2. The number of nitrogens with zero attached hydrogens (tertiary/aromatic N) is 4. The third kappa shape index (κ3) is 2.58. The van der Waals surface area contributed by atoms with Crippen molar-refractivity contribution in [2.45, 2.75) is 6.54 Å². The second-order valence-corrected chi connectivity index (χ2v) is 7.25. The van der Waals surface area contributed by atoms with E-state index in [1.165, 1.54) is 15.4 Å². The van der Waals surface area contributed by atoms with Crippen molar-refractivity contribution in [1.29, 1.82) is 0 Å². The molecular formula is C21H18N4O3. The molecule has 2 saturated heterocycles. The summed E-state index contributed by atoms with van der Waals surface area (Å²) in [7, 11) is 0. The van der Waals surface area contributed by atoms with Gasteiger partial charge in [-0.3, -0.25) is 23.7 Å². The van der Waals surface area contributed by atoms with Gasteiger partial charge in [-0.15, -0.1) is 0 Å². The number of imide groups is 1. The minimum absolute atomic E-state index is 0.140. The molecule has 0 N–H and O–H groups in total. The summed E-state index contributed by atoms with van der Waals surface area (Å²) in [5.74, 6) is -0.530. The Balaban J connectivity index is 1.39. The van der Waals surface area contributed by atoms with Crippen LogP contribution in [0.1, 0.15) is 5.56 Å². The highest BCUT2D eigenvalue weighted by atomic mass is 16.2. The molecule has 0 spiro atoms. The summed E-state index contributed by atoms with van der Waals surface area (Å²) in [6.07, 6.45) is 1.67. The van der Waals surface area contributed by atoms with Gasteiger partial charge in [0.25, 0.3) is 5.56 Å². The summed E-state index contributed by atoms with van der Waals surface area (Å²) in [4.78, 5) is 45.8. The number of anilines is 1. The Labute approximate surface area is 160 Å². The molecule has 2 amide bonds. The zero-order valence-electron chi connectivity index (χ0n) is 15.1. The van der Waals surface area contributed by atoms with E-state index < -0.39 is 0 Å². The molecule has 4 heterocycles. The smallest absolute Gasteiger partial charge is 0.259 e. The molecule has 2 atom stereocenters. The summed E-state index contributed by atoms with van der Waals surface area (Å²) in [5, 5.41) is 0. The number of likely N-dealkylation sites (tertiary alicyclic amines) is 1. The van der Waals surface area contributed by atoms with Crippen molar-refractivity contribution >= 4 is 23.3 Å². The molecule has 2 aliphatic heterocycles. The van der Waals surface area contributed by atoms with Crippen molar-refractivity contribution in [3.63, 3.8) is 0 Å². The van der Waals surface area contributed by atoms with Gasteiger partial charge in [-0.1, -0.05) is 36.4 Å². The molecule has 2 aromatic heterocycles. The molecule has 2 fully saturated rings. The Morgan fingerprint density at radius 3 is 2.29 bits per heavy atom. The molecule has 140 valence electrons.